The maximum absolute atomic E-state index is 11.1. The molecule has 0 aromatic carbocycles. The molecule has 0 unspecified atom stereocenters. The molecule has 0 aliphatic rings. The molecule has 3 N–H and O–H groups in total. The topological polar surface area (TPSA) is 105 Å². The second-order valence-electron chi connectivity index (χ2n) is 3.62. The molecule has 7 nitrogen and oxygen atoms in total. The summed E-state index contributed by atoms with van der Waals surface area (Å²) in [6.07, 6.45) is 0. The highest BCUT2D eigenvalue weighted by atomic mass is 32.2. The standard InChI is InChI=1S/C6H14N2O5S/c1-6(2,3)7-14(11,12)8-13-4-5(9)10/h7-8H,4H2,1-3H3,(H,9,10). The van der Waals surface area contributed by atoms with E-state index in [1.165, 1.54) is 0 Å². The van der Waals surface area contributed by atoms with Crippen molar-refractivity contribution in [3.8, 4) is 0 Å². The fraction of sp³-hybridized carbons (Fsp3) is 0.833. The van der Waals surface area contributed by atoms with Crippen LogP contribution in [0.15, 0.2) is 0 Å². The van der Waals surface area contributed by atoms with Crippen molar-refractivity contribution in [2.75, 3.05) is 6.61 Å². The second kappa shape index (κ2) is 4.69. The third-order valence-electron chi connectivity index (χ3n) is 0.805. The van der Waals surface area contributed by atoms with Gasteiger partial charge in [-0.2, -0.15) is 13.1 Å². The number of hydrogen-bond donors (Lipinski definition) is 3. The van der Waals surface area contributed by atoms with E-state index in [4.69, 9.17) is 5.11 Å². The lowest BCUT2D eigenvalue weighted by Crippen LogP contribution is -2.47. The second-order valence-corrected chi connectivity index (χ2v) is 5.00. The molecule has 0 radical (unpaired) electrons. The third-order valence-corrected chi connectivity index (χ3v) is 2.02. The summed E-state index contributed by atoms with van der Waals surface area (Å²) in [5.41, 5.74) is -0.654. The summed E-state index contributed by atoms with van der Waals surface area (Å²) in [6.45, 7) is 4.20. The zero-order chi connectivity index (χ0) is 11.4. The van der Waals surface area contributed by atoms with Crippen molar-refractivity contribution >= 4 is 16.2 Å². The van der Waals surface area contributed by atoms with Crippen molar-refractivity contribution in [2.24, 2.45) is 0 Å². The average Bonchev–Trinajstić information content (AvgIpc) is 1.78. The summed E-state index contributed by atoms with van der Waals surface area (Å²) < 4.78 is 24.4. The number of carbonyl (C=O) groups is 1. The molecule has 0 saturated heterocycles. The van der Waals surface area contributed by atoms with Gasteiger partial charge in [0, 0.05) is 5.54 Å². The van der Waals surface area contributed by atoms with Gasteiger partial charge >= 0.3 is 5.97 Å². The highest BCUT2D eigenvalue weighted by molar-refractivity contribution is 7.87. The number of hydrogen-bond acceptors (Lipinski definition) is 4. The molecule has 0 bridgehead atoms. The van der Waals surface area contributed by atoms with E-state index in [-0.39, 0.29) is 0 Å². The van der Waals surface area contributed by atoms with Crippen LogP contribution < -0.4 is 9.61 Å². The molecule has 14 heavy (non-hydrogen) atoms. The number of rotatable bonds is 5. The Morgan fingerprint density at radius 1 is 1.43 bits per heavy atom. The molecular weight excluding hydrogens is 212 g/mol. The van der Waals surface area contributed by atoms with Crippen LogP contribution in [-0.2, 0) is 19.8 Å². The van der Waals surface area contributed by atoms with E-state index >= 15 is 0 Å². The van der Waals surface area contributed by atoms with Crippen LogP contribution in [0, 0.1) is 0 Å². The maximum atomic E-state index is 11.1. The summed E-state index contributed by atoms with van der Waals surface area (Å²) in [5, 5.41) is 8.16. The lowest BCUT2D eigenvalue weighted by Gasteiger charge is -2.19. The Balaban J connectivity index is 4.04. The molecule has 0 aliphatic heterocycles. The number of nitrogens with one attached hydrogen (secondary N) is 2. The van der Waals surface area contributed by atoms with Crippen LogP contribution >= 0.6 is 0 Å². The summed E-state index contributed by atoms with van der Waals surface area (Å²) >= 11 is 0. The quantitative estimate of drug-likeness (QED) is 0.534. The van der Waals surface area contributed by atoms with Crippen molar-refractivity contribution in [3.63, 3.8) is 0 Å². The SMILES string of the molecule is CC(C)(C)NS(=O)(=O)NOCC(=O)O. The van der Waals surface area contributed by atoms with E-state index in [2.05, 4.69) is 9.56 Å². The Morgan fingerprint density at radius 2 is 1.93 bits per heavy atom. The summed E-state index contributed by atoms with van der Waals surface area (Å²) in [5.74, 6) is -1.26. The van der Waals surface area contributed by atoms with Gasteiger partial charge < -0.3 is 5.11 Å². The first-order valence-corrected chi connectivity index (χ1v) is 5.25. The van der Waals surface area contributed by atoms with Crippen molar-refractivity contribution in [1.82, 2.24) is 9.61 Å². The summed E-state index contributed by atoms with van der Waals surface area (Å²) in [4.78, 5) is 15.8. The minimum absolute atomic E-state index is 0.654. The van der Waals surface area contributed by atoms with Crippen molar-refractivity contribution in [2.45, 2.75) is 26.3 Å². The van der Waals surface area contributed by atoms with Crippen molar-refractivity contribution in [3.05, 3.63) is 0 Å². The zero-order valence-corrected chi connectivity index (χ0v) is 9.01. The van der Waals surface area contributed by atoms with Crippen molar-refractivity contribution in [1.29, 1.82) is 0 Å². The minimum Gasteiger partial charge on any atom is -0.479 e. The van der Waals surface area contributed by atoms with Crippen LogP contribution in [0.2, 0.25) is 0 Å². The fourth-order valence-electron chi connectivity index (χ4n) is 0.593. The Bertz CT molecular complexity index is 292. The molecule has 0 amide bonds. The van der Waals surface area contributed by atoms with Crippen LogP contribution in [0.1, 0.15) is 20.8 Å². The van der Waals surface area contributed by atoms with Gasteiger partial charge in [-0.3, -0.25) is 4.84 Å². The maximum Gasteiger partial charge on any atom is 0.331 e. The highest BCUT2D eigenvalue weighted by Gasteiger charge is 2.19. The van der Waals surface area contributed by atoms with Crippen LogP contribution in [0.4, 0.5) is 0 Å². The normalized spacial score (nSPS) is 12.8. The molecule has 0 fully saturated rings. The lowest BCUT2D eigenvalue weighted by atomic mass is 10.1. The van der Waals surface area contributed by atoms with Gasteiger partial charge in [-0.15, -0.1) is 0 Å². The fourth-order valence-corrected chi connectivity index (χ4v) is 1.65. The molecule has 0 rings (SSSR count). The van der Waals surface area contributed by atoms with Gasteiger partial charge in [0.25, 0.3) is 10.2 Å². The Kier molecular flexibility index (Phi) is 4.46. The molecule has 0 aromatic heterocycles. The molecule has 0 heterocycles. The average molecular weight is 226 g/mol. The van der Waals surface area contributed by atoms with Crippen LogP contribution in [0.5, 0.6) is 0 Å². The van der Waals surface area contributed by atoms with Gasteiger partial charge in [-0.1, -0.05) is 4.89 Å². The van der Waals surface area contributed by atoms with E-state index in [9.17, 15) is 13.2 Å². The van der Waals surface area contributed by atoms with E-state index < -0.39 is 28.3 Å². The van der Waals surface area contributed by atoms with Crippen LogP contribution in [0.25, 0.3) is 0 Å². The smallest absolute Gasteiger partial charge is 0.331 e. The first kappa shape index (κ1) is 13.3. The number of aliphatic carboxylic acids is 1. The van der Waals surface area contributed by atoms with Gasteiger partial charge in [0.2, 0.25) is 0 Å². The monoisotopic (exact) mass is 226 g/mol. The molecule has 0 saturated carbocycles. The van der Waals surface area contributed by atoms with Crippen LogP contribution in [0.3, 0.4) is 0 Å². The van der Waals surface area contributed by atoms with E-state index in [0.717, 1.165) is 0 Å². The summed E-state index contributed by atoms with van der Waals surface area (Å²) in [6, 6.07) is 0. The molecule has 0 aromatic rings. The minimum atomic E-state index is -3.82. The molecule has 84 valence electrons. The predicted molar refractivity (Wildman–Crippen MR) is 48.5 cm³/mol. The largest absolute Gasteiger partial charge is 0.479 e. The van der Waals surface area contributed by atoms with Crippen molar-refractivity contribution < 1.29 is 23.2 Å². The van der Waals surface area contributed by atoms with E-state index in [0.29, 0.717) is 0 Å². The first-order valence-electron chi connectivity index (χ1n) is 3.77. The number of carboxylic acids is 1. The lowest BCUT2D eigenvalue weighted by molar-refractivity contribution is -0.143. The molecule has 8 heteroatoms. The van der Waals surface area contributed by atoms with Gasteiger partial charge in [-0.05, 0) is 20.8 Å². The van der Waals surface area contributed by atoms with E-state index in [1.54, 1.807) is 25.7 Å². The van der Waals surface area contributed by atoms with Crippen LogP contribution in [-0.4, -0.2) is 31.6 Å². The Hall–Kier alpha value is -0.700. The van der Waals surface area contributed by atoms with Gasteiger partial charge in [-0.25, -0.2) is 4.79 Å². The molecule has 0 atom stereocenters. The first-order chi connectivity index (χ1) is 6.12. The highest BCUT2D eigenvalue weighted by Crippen LogP contribution is 2.00. The summed E-state index contributed by atoms with van der Waals surface area (Å²) in [7, 11) is -3.82. The zero-order valence-electron chi connectivity index (χ0n) is 8.20. The Morgan fingerprint density at radius 3 is 2.29 bits per heavy atom. The van der Waals surface area contributed by atoms with E-state index in [1.807, 2.05) is 0 Å². The predicted octanol–water partition coefficient (Wildman–Crippen LogP) is -0.775. The Labute approximate surface area is 82.6 Å². The van der Waals surface area contributed by atoms with Gasteiger partial charge in [0.15, 0.2) is 6.61 Å². The van der Waals surface area contributed by atoms with Gasteiger partial charge in [0.1, 0.15) is 0 Å². The molecular formula is C6H14N2O5S. The number of carboxylic acid groups (broad SMARTS) is 1. The molecule has 0 spiro atoms. The molecule has 0 aliphatic carbocycles. The third kappa shape index (κ3) is 7.92. The van der Waals surface area contributed by atoms with Gasteiger partial charge in [0.05, 0.1) is 0 Å².